The van der Waals surface area contributed by atoms with Crippen LogP contribution in [-0.2, 0) is 30.3 Å². The van der Waals surface area contributed by atoms with E-state index in [2.05, 4.69) is 15.2 Å². The van der Waals surface area contributed by atoms with E-state index in [4.69, 9.17) is 4.74 Å². The van der Waals surface area contributed by atoms with Crippen LogP contribution in [0.4, 0.5) is 33.3 Å². The van der Waals surface area contributed by atoms with E-state index in [1.165, 1.54) is 31.2 Å². The molecular weight excluding hydrogens is 555 g/mol. The van der Waals surface area contributed by atoms with Crippen molar-refractivity contribution < 1.29 is 49.4 Å². The van der Waals surface area contributed by atoms with Crippen LogP contribution in [0.5, 0.6) is 5.75 Å². The zero-order valence-electron chi connectivity index (χ0n) is 20.5. The van der Waals surface area contributed by atoms with Crippen molar-refractivity contribution >= 4 is 38.9 Å². The summed E-state index contributed by atoms with van der Waals surface area (Å²) in [6.45, 7) is 3.04. The van der Waals surface area contributed by atoms with Crippen molar-refractivity contribution in [3.8, 4) is 5.75 Å². The van der Waals surface area contributed by atoms with Crippen molar-refractivity contribution in [2.75, 3.05) is 16.9 Å². The minimum atomic E-state index is -5.26. The molecule has 210 valence electrons. The molecule has 2 unspecified atom stereocenters. The fraction of sp³-hybridized carbons (Fsp3) is 0.348. The van der Waals surface area contributed by atoms with Gasteiger partial charge in [-0.25, -0.2) is 26.9 Å². The number of hydrazone groups is 1. The number of alkyl halides is 5. The second-order valence-corrected chi connectivity index (χ2v) is 10.6. The summed E-state index contributed by atoms with van der Waals surface area (Å²) < 4.78 is 102. The number of anilines is 2. The smallest absolute Gasteiger partial charge is 0.404 e. The van der Waals surface area contributed by atoms with Crippen molar-refractivity contribution in [2.45, 2.75) is 43.7 Å². The Kier molecular flexibility index (Phi) is 6.83. The number of epoxide rings is 1. The summed E-state index contributed by atoms with van der Waals surface area (Å²) in [6.07, 6.45) is -5.26. The Hall–Kier alpha value is -3.79. The van der Waals surface area contributed by atoms with Crippen LogP contribution < -0.4 is 19.8 Å². The number of nitrogens with zero attached hydrogens (tertiary/aromatic N) is 2. The molecule has 2 aromatic rings. The van der Waals surface area contributed by atoms with Crippen LogP contribution in [0, 0.1) is 5.92 Å². The first-order chi connectivity index (χ1) is 17.9. The Morgan fingerprint density at radius 2 is 1.85 bits per heavy atom. The van der Waals surface area contributed by atoms with Gasteiger partial charge in [0.05, 0.1) is 18.0 Å². The molecule has 4 rings (SSSR count). The van der Waals surface area contributed by atoms with Gasteiger partial charge in [-0.2, -0.15) is 5.10 Å². The van der Waals surface area contributed by atoms with Crippen molar-refractivity contribution in [3.05, 3.63) is 48.0 Å². The zero-order valence-corrected chi connectivity index (χ0v) is 21.3. The summed E-state index contributed by atoms with van der Waals surface area (Å²) in [5.41, 5.74) is -1.44. The van der Waals surface area contributed by atoms with Gasteiger partial charge < -0.3 is 14.8 Å². The zero-order chi connectivity index (χ0) is 29.0. The van der Waals surface area contributed by atoms with E-state index in [0.717, 1.165) is 24.9 Å². The topological polar surface area (TPSA) is 130 Å². The first-order valence-electron chi connectivity index (χ1n) is 11.1. The molecule has 0 spiro atoms. The van der Waals surface area contributed by atoms with Crippen LogP contribution in [0.2, 0.25) is 0 Å². The molecule has 0 saturated carbocycles. The number of rotatable bonds is 8. The average Bonchev–Trinajstić information content (AvgIpc) is 3.48. The lowest BCUT2D eigenvalue weighted by Gasteiger charge is -2.23. The maximum atomic E-state index is 13.8. The third kappa shape index (κ3) is 5.95. The molecule has 2 aliphatic heterocycles. The maximum Gasteiger partial charge on any atom is 0.573 e. The van der Waals surface area contributed by atoms with E-state index in [1.54, 1.807) is 4.72 Å². The monoisotopic (exact) mass is 576 g/mol. The Bertz CT molecular complexity index is 1470. The van der Waals surface area contributed by atoms with Crippen molar-refractivity contribution in [1.82, 2.24) is 4.72 Å². The van der Waals surface area contributed by atoms with Crippen LogP contribution in [0.3, 0.4) is 0 Å². The van der Waals surface area contributed by atoms with Crippen LogP contribution in [-0.4, -0.2) is 44.6 Å². The van der Waals surface area contributed by atoms with Gasteiger partial charge >= 0.3 is 6.36 Å². The molecule has 10 nitrogen and oxygen atoms in total. The number of nitrogens with one attached hydrogen (secondary N) is 2. The number of amides is 2. The van der Waals surface area contributed by atoms with Gasteiger partial charge in [0.25, 0.3) is 21.9 Å². The average molecular weight is 577 g/mol. The van der Waals surface area contributed by atoms with Crippen molar-refractivity contribution in [1.29, 1.82) is 0 Å². The summed E-state index contributed by atoms with van der Waals surface area (Å²) in [5, 5.41) is 7.84. The highest BCUT2D eigenvalue weighted by molar-refractivity contribution is 7.90. The second kappa shape index (κ2) is 9.44. The van der Waals surface area contributed by atoms with Crippen LogP contribution >= 0.6 is 0 Å². The number of carbonyl (C=O) groups is 2. The molecule has 2 atom stereocenters. The minimum absolute atomic E-state index is 0.00261. The van der Waals surface area contributed by atoms with Crippen molar-refractivity contribution in [3.63, 3.8) is 0 Å². The predicted molar refractivity (Wildman–Crippen MR) is 127 cm³/mol. The van der Waals surface area contributed by atoms with E-state index in [0.29, 0.717) is 12.1 Å². The van der Waals surface area contributed by atoms with E-state index >= 15 is 0 Å². The largest absolute Gasteiger partial charge is 0.573 e. The highest BCUT2D eigenvalue weighted by Crippen LogP contribution is 2.43. The fourth-order valence-electron chi connectivity index (χ4n) is 4.08. The lowest BCUT2D eigenvalue weighted by atomic mass is 9.94. The Morgan fingerprint density at radius 1 is 1.18 bits per heavy atom. The predicted octanol–water partition coefficient (Wildman–Crippen LogP) is 3.70. The summed E-state index contributed by atoms with van der Waals surface area (Å²) in [7, 11) is -4.84. The summed E-state index contributed by atoms with van der Waals surface area (Å²) in [4.78, 5) is 23.7. The quantitative estimate of drug-likeness (QED) is 0.362. The highest BCUT2D eigenvalue weighted by Gasteiger charge is 2.59. The molecule has 0 aliphatic carbocycles. The maximum absolute atomic E-state index is 13.8. The number of sulfonamides is 1. The molecule has 2 aliphatic rings. The van der Waals surface area contributed by atoms with Crippen molar-refractivity contribution in [2.24, 2.45) is 11.0 Å². The van der Waals surface area contributed by atoms with E-state index in [-0.39, 0.29) is 29.3 Å². The van der Waals surface area contributed by atoms with Gasteiger partial charge in [-0.15, -0.1) is 13.2 Å². The molecule has 39 heavy (non-hydrogen) atoms. The third-order valence-corrected chi connectivity index (χ3v) is 7.20. The van der Waals surface area contributed by atoms with Gasteiger partial charge in [0, 0.05) is 25.1 Å². The molecule has 2 amide bonds. The van der Waals surface area contributed by atoms with Gasteiger partial charge in [0.15, 0.2) is 5.72 Å². The number of halogens is 5. The van der Waals surface area contributed by atoms with E-state index in [1.807, 2.05) is 0 Å². The number of carbonyl (C=O) groups excluding carboxylic acids is 2. The van der Waals surface area contributed by atoms with Crippen LogP contribution in [0.15, 0.2) is 52.5 Å². The first-order valence-corrected chi connectivity index (χ1v) is 12.6. The van der Waals surface area contributed by atoms with Gasteiger partial charge in [0.1, 0.15) is 16.6 Å². The molecule has 2 aromatic carbocycles. The normalized spacial score (nSPS) is 21.4. The third-order valence-electron chi connectivity index (χ3n) is 5.74. The van der Waals surface area contributed by atoms with Gasteiger partial charge in [-0.1, -0.05) is 12.1 Å². The van der Waals surface area contributed by atoms with Crippen LogP contribution in [0.25, 0.3) is 0 Å². The van der Waals surface area contributed by atoms with Gasteiger partial charge in [-0.05, 0) is 37.3 Å². The lowest BCUT2D eigenvalue weighted by Crippen LogP contribution is -2.43. The standard InChI is InChI=1S/C23H21F5N4O6S/c1-12-19(22(11-37-22)29-15-6-4-5-14(9-15)21(3,24)25)20(34)32(30-12)16-7-8-17(38-23(26,27)28)18(10-16)39(35,36)31-13(2)33/h4-10,19,29H,11H2,1-3H3,(H,31,33). The fourth-order valence-corrected chi connectivity index (χ4v) is 5.22. The molecule has 16 heteroatoms. The number of benzene rings is 2. The molecule has 0 radical (unpaired) electrons. The summed E-state index contributed by atoms with van der Waals surface area (Å²) in [6, 6.07) is 7.68. The van der Waals surface area contributed by atoms with Crippen LogP contribution in [0.1, 0.15) is 26.3 Å². The molecular formula is C23H21F5N4O6S. The van der Waals surface area contributed by atoms with E-state index in [9.17, 15) is 40.0 Å². The number of ether oxygens (including phenoxy) is 2. The Balaban J connectivity index is 1.66. The molecule has 2 heterocycles. The lowest BCUT2D eigenvalue weighted by molar-refractivity contribution is -0.275. The molecule has 1 fully saturated rings. The number of hydrogen-bond donors (Lipinski definition) is 2. The highest BCUT2D eigenvalue weighted by atomic mass is 32.2. The molecule has 2 N–H and O–H groups in total. The first kappa shape index (κ1) is 28.2. The minimum Gasteiger partial charge on any atom is -0.404 e. The Labute approximate surface area is 218 Å². The molecule has 1 saturated heterocycles. The summed E-state index contributed by atoms with van der Waals surface area (Å²) >= 11 is 0. The Morgan fingerprint density at radius 3 is 2.41 bits per heavy atom. The SMILES string of the molecule is CC(=O)NS(=O)(=O)c1cc(N2N=C(C)C(C3(Nc4cccc(C(C)(F)F)c4)CO3)C2=O)ccc1OC(F)(F)F. The summed E-state index contributed by atoms with van der Waals surface area (Å²) in [5.74, 6) is -7.16. The van der Waals surface area contributed by atoms with Gasteiger partial charge in [-0.3, -0.25) is 9.59 Å². The second-order valence-electron chi connectivity index (χ2n) is 8.94. The molecule has 0 aromatic heterocycles. The van der Waals surface area contributed by atoms with E-state index < -0.39 is 56.4 Å². The molecule has 0 bridgehead atoms. The number of hydrogen-bond acceptors (Lipinski definition) is 8. The van der Waals surface area contributed by atoms with Gasteiger partial charge in [0.2, 0.25) is 5.91 Å².